The molecule has 1 amide bonds. The van der Waals surface area contributed by atoms with E-state index in [1.54, 1.807) is 12.1 Å². The molecular weight excluding hydrogens is 304 g/mol. The normalized spacial score (nSPS) is 18.6. The lowest BCUT2D eigenvalue weighted by Gasteiger charge is -2.33. The van der Waals surface area contributed by atoms with E-state index in [2.05, 4.69) is 10.2 Å². The van der Waals surface area contributed by atoms with E-state index in [0.29, 0.717) is 11.3 Å². The number of carbonyl (C=O) groups excluding carboxylic acids is 2. The molecular formula is C19H18N2O3. The molecule has 0 radical (unpaired) electrons. The van der Waals surface area contributed by atoms with Crippen LogP contribution in [-0.2, 0) is 16.1 Å². The zero-order valence-electron chi connectivity index (χ0n) is 13.2. The predicted molar refractivity (Wildman–Crippen MR) is 91.0 cm³/mol. The van der Waals surface area contributed by atoms with Gasteiger partial charge < -0.3 is 15.0 Å². The molecule has 1 saturated heterocycles. The minimum absolute atomic E-state index is 0.00908. The summed E-state index contributed by atoms with van der Waals surface area (Å²) in [5.74, 6) is -0.380. The van der Waals surface area contributed by atoms with Gasteiger partial charge in [0.1, 0.15) is 12.6 Å². The van der Waals surface area contributed by atoms with Crippen molar-refractivity contribution in [2.24, 2.45) is 0 Å². The third kappa shape index (κ3) is 2.62. The number of nitrogens with zero attached hydrogens (tertiary/aromatic N) is 1. The second-order valence-corrected chi connectivity index (χ2v) is 6.13. The maximum atomic E-state index is 12.3. The van der Waals surface area contributed by atoms with Crippen molar-refractivity contribution in [1.29, 1.82) is 0 Å². The molecule has 0 spiro atoms. The lowest BCUT2D eigenvalue weighted by molar-refractivity contribution is -0.117. The Hall–Kier alpha value is -2.82. The number of fused-ring (bicyclic) bond motifs is 3. The van der Waals surface area contributed by atoms with Gasteiger partial charge in [0.15, 0.2) is 0 Å². The van der Waals surface area contributed by atoms with Gasteiger partial charge in [-0.25, -0.2) is 4.79 Å². The number of anilines is 2. The van der Waals surface area contributed by atoms with Gasteiger partial charge in [-0.1, -0.05) is 30.3 Å². The van der Waals surface area contributed by atoms with Crippen molar-refractivity contribution in [3.8, 4) is 0 Å². The maximum Gasteiger partial charge on any atom is 0.338 e. The van der Waals surface area contributed by atoms with Crippen LogP contribution in [0.15, 0.2) is 48.5 Å². The first-order valence-electron chi connectivity index (χ1n) is 8.15. The topological polar surface area (TPSA) is 58.6 Å². The summed E-state index contributed by atoms with van der Waals surface area (Å²) < 4.78 is 5.35. The Labute approximate surface area is 140 Å². The zero-order valence-corrected chi connectivity index (χ0v) is 13.2. The fraction of sp³-hybridized carbons (Fsp3) is 0.263. The quantitative estimate of drug-likeness (QED) is 0.883. The number of hydrogen-bond donors (Lipinski definition) is 1. The molecule has 2 aliphatic heterocycles. The second-order valence-electron chi connectivity index (χ2n) is 6.13. The van der Waals surface area contributed by atoms with E-state index < -0.39 is 0 Å². The van der Waals surface area contributed by atoms with E-state index in [1.165, 1.54) is 0 Å². The van der Waals surface area contributed by atoms with E-state index in [1.807, 2.05) is 36.4 Å². The van der Waals surface area contributed by atoms with Gasteiger partial charge in [0, 0.05) is 6.54 Å². The van der Waals surface area contributed by atoms with Crippen molar-refractivity contribution in [3.05, 3.63) is 59.7 Å². The van der Waals surface area contributed by atoms with Crippen LogP contribution in [0.1, 0.15) is 28.8 Å². The van der Waals surface area contributed by atoms with Crippen molar-refractivity contribution >= 4 is 23.3 Å². The van der Waals surface area contributed by atoms with Crippen LogP contribution < -0.4 is 10.2 Å². The fourth-order valence-corrected chi connectivity index (χ4v) is 3.36. The van der Waals surface area contributed by atoms with E-state index in [9.17, 15) is 9.59 Å². The molecule has 2 aliphatic rings. The molecule has 0 bridgehead atoms. The Kier molecular flexibility index (Phi) is 3.69. The summed E-state index contributed by atoms with van der Waals surface area (Å²) in [5.41, 5.74) is 3.06. The highest BCUT2D eigenvalue weighted by atomic mass is 16.5. The van der Waals surface area contributed by atoms with E-state index in [-0.39, 0.29) is 24.5 Å². The highest BCUT2D eigenvalue weighted by Crippen LogP contribution is 2.37. The van der Waals surface area contributed by atoms with Crippen LogP contribution in [-0.4, -0.2) is 24.5 Å². The number of ether oxygens (including phenoxy) is 1. The molecule has 2 aromatic carbocycles. The average molecular weight is 322 g/mol. The monoisotopic (exact) mass is 322 g/mol. The lowest BCUT2D eigenvalue weighted by atomic mass is 10.1. The first kappa shape index (κ1) is 14.8. The van der Waals surface area contributed by atoms with Gasteiger partial charge in [-0.2, -0.15) is 0 Å². The smallest absolute Gasteiger partial charge is 0.338 e. The van der Waals surface area contributed by atoms with Crippen LogP contribution in [0.25, 0.3) is 0 Å². The summed E-state index contributed by atoms with van der Waals surface area (Å²) in [4.78, 5) is 26.5. The van der Waals surface area contributed by atoms with Gasteiger partial charge in [-0.05, 0) is 36.6 Å². The highest BCUT2D eigenvalue weighted by Gasteiger charge is 2.36. The largest absolute Gasteiger partial charge is 0.457 e. The van der Waals surface area contributed by atoms with Crippen LogP contribution in [0.3, 0.4) is 0 Å². The van der Waals surface area contributed by atoms with E-state index >= 15 is 0 Å². The summed E-state index contributed by atoms with van der Waals surface area (Å²) in [5, 5.41) is 2.91. The standard InChI is InChI=1S/C19H18N2O3/c22-18-17-7-4-10-21(17)16-9-8-14(11-15(16)20-18)19(23)24-12-13-5-2-1-3-6-13/h1-3,5-6,8-9,11,17H,4,7,10,12H2,(H,20,22)/t17-/m0/s1. The molecule has 1 fully saturated rings. The maximum absolute atomic E-state index is 12.3. The van der Waals surface area contributed by atoms with Crippen LogP contribution in [0, 0.1) is 0 Å². The van der Waals surface area contributed by atoms with Crippen molar-refractivity contribution in [3.63, 3.8) is 0 Å². The number of benzene rings is 2. The lowest BCUT2D eigenvalue weighted by Crippen LogP contribution is -2.43. The molecule has 4 rings (SSSR count). The third-order valence-corrected chi connectivity index (χ3v) is 4.57. The summed E-state index contributed by atoms with van der Waals surface area (Å²) in [6.07, 6.45) is 1.89. The zero-order chi connectivity index (χ0) is 16.5. The minimum atomic E-state index is -0.389. The molecule has 1 atom stereocenters. The van der Waals surface area contributed by atoms with Crippen molar-refractivity contribution < 1.29 is 14.3 Å². The molecule has 0 aliphatic carbocycles. The number of hydrogen-bond acceptors (Lipinski definition) is 4. The van der Waals surface area contributed by atoms with E-state index in [4.69, 9.17) is 4.74 Å². The molecule has 2 aromatic rings. The van der Waals surface area contributed by atoms with Crippen LogP contribution >= 0.6 is 0 Å². The molecule has 2 heterocycles. The minimum Gasteiger partial charge on any atom is -0.457 e. The fourth-order valence-electron chi connectivity index (χ4n) is 3.36. The van der Waals surface area contributed by atoms with E-state index in [0.717, 1.165) is 30.6 Å². The molecule has 0 aromatic heterocycles. The molecule has 5 heteroatoms. The SMILES string of the molecule is O=C(OCc1ccccc1)c1ccc2c(c1)NC(=O)[C@@H]1CCCN21. The Balaban J connectivity index is 1.52. The number of esters is 1. The van der Waals surface area contributed by atoms with Crippen molar-refractivity contribution in [2.45, 2.75) is 25.5 Å². The van der Waals surface area contributed by atoms with Crippen LogP contribution in [0.4, 0.5) is 11.4 Å². The average Bonchev–Trinajstić information content (AvgIpc) is 3.11. The molecule has 24 heavy (non-hydrogen) atoms. The van der Waals surface area contributed by atoms with Gasteiger partial charge in [0.25, 0.3) is 0 Å². The van der Waals surface area contributed by atoms with Gasteiger partial charge in [0.2, 0.25) is 5.91 Å². The summed E-state index contributed by atoms with van der Waals surface area (Å²) >= 11 is 0. The Morgan fingerprint density at radius 3 is 2.88 bits per heavy atom. The van der Waals surface area contributed by atoms with Crippen molar-refractivity contribution in [1.82, 2.24) is 0 Å². The number of rotatable bonds is 3. The first-order valence-corrected chi connectivity index (χ1v) is 8.15. The Bertz CT molecular complexity index is 788. The Morgan fingerprint density at radius 1 is 1.21 bits per heavy atom. The number of amides is 1. The summed E-state index contributed by atoms with van der Waals surface area (Å²) in [7, 11) is 0. The van der Waals surface area contributed by atoms with Gasteiger partial charge in [-0.3, -0.25) is 4.79 Å². The molecule has 1 N–H and O–H groups in total. The van der Waals surface area contributed by atoms with Crippen molar-refractivity contribution in [2.75, 3.05) is 16.8 Å². The molecule has 5 nitrogen and oxygen atoms in total. The first-order chi connectivity index (χ1) is 11.7. The number of carbonyl (C=O) groups is 2. The van der Waals surface area contributed by atoms with Crippen LogP contribution in [0.5, 0.6) is 0 Å². The number of nitrogens with one attached hydrogen (secondary N) is 1. The summed E-state index contributed by atoms with van der Waals surface area (Å²) in [6, 6.07) is 14.8. The summed E-state index contributed by atoms with van der Waals surface area (Å²) in [6.45, 7) is 1.11. The van der Waals surface area contributed by atoms with Gasteiger partial charge in [0.05, 0.1) is 16.9 Å². The highest BCUT2D eigenvalue weighted by molar-refractivity contribution is 6.05. The van der Waals surface area contributed by atoms with Gasteiger partial charge in [-0.15, -0.1) is 0 Å². The Morgan fingerprint density at radius 2 is 2.04 bits per heavy atom. The molecule has 0 saturated carbocycles. The van der Waals surface area contributed by atoms with Crippen LogP contribution in [0.2, 0.25) is 0 Å². The third-order valence-electron chi connectivity index (χ3n) is 4.57. The second kappa shape index (κ2) is 6.00. The molecule has 122 valence electrons. The van der Waals surface area contributed by atoms with Gasteiger partial charge >= 0.3 is 5.97 Å². The molecule has 0 unspecified atom stereocenters. The predicted octanol–water partition coefficient (Wildman–Crippen LogP) is 2.96.